The van der Waals surface area contributed by atoms with Gasteiger partial charge in [-0.2, -0.15) is 0 Å². The van der Waals surface area contributed by atoms with Crippen molar-refractivity contribution < 1.29 is 8.91 Å². The second-order valence-electron chi connectivity index (χ2n) is 5.56. The largest absolute Gasteiger partial charge is 0.832 e. The molecule has 0 aromatic heterocycles. The first-order chi connectivity index (χ1) is 8.92. The molecule has 4 heteroatoms. The molecular weight excluding hydrogens is 268 g/mol. The van der Waals surface area contributed by atoms with E-state index < -0.39 is 16.9 Å². The predicted molar refractivity (Wildman–Crippen MR) is 82.3 cm³/mol. The monoisotopic (exact) mass is 287 g/mol. The van der Waals surface area contributed by atoms with Gasteiger partial charge in [-0.05, 0) is 30.0 Å². The Balaban J connectivity index is 2.51. The van der Waals surface area contributed by atoms with Crippen molar-refractivity contribution in [3.63, 3.8) is 0 Å². The van der Waals surface area contributed by atoms with Crippen molar-refractivity contribution in [2.45, 2.75) is 19.6 Å². The number of rotatable bonds is 4. The molecule has 0 radical (unpaired) electrons. The quantitative estimate of drug-likeness (QED) is 0.797. The van der Waals surface area contributed by atoms with Gasteiger partial charge in [0.1, 0.15) is 8.56 Å². The van der Waals surface area contributed by atoms with Crippen LogP contribution in [0.5, 0.6) is 0 Å². The molecule has 0 N–H and O–H groups in total. The Labute approximate surface area is 117 Å². The normalized spacial score (nSPS) is 12.4. The van der Waals surface area contributed by atoms with Crippen LogP contribution < -0.4 is 15.2 Å². The van der Waals surface area contributed by atoms with E-state index in [1.165, 1.54) is 0 Å². The Morgan fingerprint density at radius 3 is 1.42 bits per heavy atom. The van der Waals surface area contributed by atoms with E-state index in [1.54, 1.807) is 0 Å². The SMILES string of the molecule is C[Si](C)(C)O[Si]([O-])(c1ccccc1)c1ccccc1. The molecule has 2 aromatic rings. The van der Waals surface area contributed by atoms with Crippen LogP contribution in [0.3, 0.4) is 0 Å². The second kappa shape index (κ2) is 5.42. The molecule has 0 amide bonds. The van der Waals surface area contributed by atoms with Crippen LogP contribution in [-0.4, -0.2) is 16.9 Å². The van der Waals surface area contributed by atoms with Crippen molar-refractivity contribution >= 4 is 27.3 Å². The van der Waals surface area contributed by atoms with E-state index in [0.29, 0.717) is 0 Å². The van der Waals surface area contributed by atoms with Gasteiger partial charge in [0.25, 0.3) is 0 Å². The van der Waals surface area contributed by atoms with Gasteiger partial charge in [-0.1, -0.05) is 60.7 Å². The highest BCUT2D eigenvalue weighted by Gasteiger charge is 2.31. The van der Waals surface area contributed by atoms with Gasteiger partial charge in [-0.15, -0.1) is 0 Å². The van der Waals surface area contributed by atoms with Crippen LogP contribution in [0, 0.1) is 0 Å². The lowest BCUT2D eigenvalue weighted by molar-refractivity contribution is -0.219. The van der Waals surface area contributed by atoms with Gasteiger partial charge in [0.15, 0.2) is 8.32 Å². The minimum atomic E-state index is -3.33. The molecule has 0 saturated carbocycles. The summed E-state index contributed by atoms with van der Waals surface area (Å²) in [5.41, 5.74) is 0. The van der Waals surface area contributed by atoms with Gasteiger partial charge in [0, 0.05) is 0 Å². The summed E-state index contributed by atoms with van der Waals surface area (Å²) >= 11 is 0. The van der Waals surface area contributed by atoms with Crippen molar-refractivity contribution in [3.8, 4) is 0 Å². The lowest BCUT2D eigenvalue weighted by Crippen LogP contribution is -2.73. The van der Waals surface area contributed by atoms with Crippen LogP contribution in [0.25, 0.3) is 0 Å². The molecule has 0 bridgehead atoms. The molecule has 0 saturated heterocycles. The summed E-state index contributed by atoms with van der Waals surface area (Å²) in [5, 5.41) is 1.59. The molecule has 2 rings (SSSR count). The summed E-state index contributed by atoms with van der Waals surface area (Å²) < 4.78 is 6.12. The number of hydrogen-bond donors (Lipinski definition) is 0. The first-order valence-electron chi connectivity index (χ1n) is 6.43. The minimum Gasteiger partial charge on any atom is -0.832 e. The fourth-order valence-corrected chi connectivity index (χ4v) is 8.02. The van der Waals surface area contributed by atoms with Crippen LogP contribution in [0.4, 0.5) is 0 Å². The Hall–Kier alpha value is -1.21. The number of benzene rings is 2. The Morgan fingerprint density at radius 2 is 1.11 bits per heavy atom. The maximum absolute atomic E-state index is 13.5. The van der Waals surface area contributed by atoms with Crippen LogP contribution in [-0.2, 0) is 4.12 Å². The molecule has 0 heterocycles. The molecule has 2 nitrogen and oxygen atoms in total. The average molecular weight is 287 g/mol. The zero-order valence-corrected chi connectivity index (χ0v) is 13.6. The highest BCUT2D eigenvalue weighted by atomic mass is 28.4. The maximum Gasteiger partial charge on any atom is 0.169 e. The van der Waals surface area contributed by atoms with Crippen molar-refractivity contribution in [1.29, 1.82) is 0 Å². The smallest absolute Gasteiger partial charge is 0.169 e. The molecule has 0 aliphatic rings. The molecule has 0 atom stereocenters. The zero-order chi connectivity index (χ0) is 13.9. The van der Waals surface area contributed by atoms with Crippen molar-refractivity contribution in [2.75, 3.05) is 0 Å². The van der Waals surface area contributed by atoms with E-state index in [-0.39, 0.29) is 0 Å². The lowest BCUT2D eigenvalue weighted by atomic mass is 10.4. The Bertz CT molecular complexity index is 481. The fourth-order valence-electron chi connectivity index (χ4n) is 2.03. The van der Waals surface area contributed by atoms with Crippen molar-refractivity contribution in [1.82, 2.24) is 0 Å². The van der Waals surface area contributed by atoms with Crippen LogP contribution in [0.2, 0.25) is 19.6 Å². The molecule has 0 aliphatic carbocycles. The molecule has 2 aromatic carbocycles. The van der Waals surface area contributed by atoms with Crippen LogP contribution >= 0.6 is 0 Å². The highest BCUT2D eigenvalue weighted by molar-refractivity contribution is 6.96. The van der Waals surface area contributed by atoms with Crippen molar-refractivity contribution in [2.24, 2.45) is 0 Å². The maximum atomic E-state index is 13.5. The van der Waals surface area contributed by atoms with E-state index in [9.17, 15) is 4.80 Å². The van der Waals surface area contributed by atoms with Crippen LogP contribution in [0.15, 0.2) is 60.7 Å². The van der Waals surface area contributed by atoms with Gasteiger partial charge in [0.05, 0.1) is 0 Å². The summed E-state index contributed by atoms with van der Waals surface area (Å²) in [6, 6.07) is 19.1. The zero-order valence-electron chi connectivity index (χ0n) is 11.6. The first kappa shape index (κ1) is 14.2. The topological polar surface area (TPSA) is 32.3 Å². The summed E-state index contributed by atoms with van der Waals surface area (Å²) in [6.45, 7) is 6.20. The standard InChI is InChI=1S/C15H19O2Si2/c1-18(2,3)17-19(16,14-10-6-4-7-11-14)15-12-8-5-9-13-15/h4-13H,1-3H3/q-1. The molecule has 0 spiro atoms. The average Bonchev–Trinajstić information content (AvgIpc) is 2.39. The molecule has 0 fully saturated rings. The third-order valence-electron chi connectivity index (χ3n) is 2.76. The molecule has 19 heavy (non-hydrogen) atoms. The third kappa shape index (κ3) is 3.42. The lowest BCUT2D eigenvalue weighted by Gasteiger charge is -2.44. The molecule has 100 valence electrons. The predicted octanol–water partition coefficient (Wildman–Crippen LogP) is 1.45. The van der Waals surface area contributed by atoms with E-state index in [2.05, 4.69) is 19.6 Å². The summed E-state index contributed by atoms with van der Waals surface area (Å²) in [7, 11) is -5.23. The van der Waals surface area contributed by atoms with Crippen LogP contribution in [0.1, 0.15) is 0 Å². The molecular formula is C15H19O2Si2-. The number of hydrogen-bond acceptors (Lipinski definition) is 2. The summed E-state index contributed by atoms with van der Waals surface area (Å²) in [4.78, 5) is 13.5. The van der Waals surface area contributed by atoms with Gasteiger partial charge < -0.3 is 8.91 Å². The van der Waals surface area contributed by atoms with E-state index >= 15 is 0 Å². The van der Waals surface area contributed by atoms with E-state index in [0.717, 1.165) is 10.4 Å². The van der Waals surface area contributed by atoms with Gasteiger partial charge in [-0.25, -0.2) is 0 Å². The molecule has 0 unspecified atom stereocenters. The van der Waals surface area contributed by atoms with Gasteiger partial charge in [-0.3, -0.25) is 0 Å². The summed E-state index contributed by atoms with van der Waals surface area (Å²) in [5.74, 6) is 0. The summed E-state index contributed by atoms with van der Waals surface area (Å²) in [6.07, 6.45) is 0. The third-order valence-corrected chi connectivity index (χ3v) is 8.54. The Morgan fingerprint density at radius 1 is 0.737 bits per heavy atom. The fraction of sp³-hybridized carbons (Fsp3) is 0.200. The highest BCUT2D eigenvalue weighted by Crippen LogP contribution is 2.10. The minimum absolute atomic E-state index is 0.795. The van der Waals surface area contributed by atoms with Gasteiger partial charge in [0.2, 0.25) is 0 Å². The second-order valence-corrected chi connectivity index (χ2v) is 13.0. The Kier molecular flexibility index (Phi) is 4.06. The van der Waals surface area contributed by atoms with Gasteiger partial charge >= 0.3 is 0 Å². The van der Waals surface area contributed by atoms with E-state index in [4.69, 9.17) is 4.12 Å². The molecule has 0 aliphatic heterocycles. The van der Waals surface area contributed by atoms with E-state index in [1.807, 2.05) is 60.7 Å². The van der Waals surface area contributed by atoms with Crippen molar-refractivity contribution in [3.05, 3.63) is 60.7 Å². The first-order valence-corrected chi connectivity index (χ1v) is 11.7.